The van der Waals surface area contributed by atoms with E-state index in [4.69, 9.17) is 16.1 Å². The Kier molecular flexibility index (Phi) is 5.00. The Morgan fingerprint density at radius 1 is 1.18 bits per heavy atom. The van der Waals surface area contributed by atoms with Crippen LogP contribution in [-0.4, -0.2) is 28.9 Å². The van der Waals surface area contributed by atoms with Gasteiger partial charge in [-0.05, 0) is 35.7 Å². The van der Waals surface area contributed by atoms with Crippen LogP contribution in [0.25, 0.3) is 11.0 Å². The van der Waals surface area contributed by atoms with Crippen molar-refractivity contribution in [1.82, 2.24) is 15.8 Å². The van der Waals surface area contributed by atoms with E-state index in [9.17, 15) is 14.0 Å². The van der Waals surface area contributed by atoms with E-state index in [1.165, 1.54) is 18.2 Å². The summed E-state index contributed by atoms with van der Waals surface area (Å²) < 4.78 is 18.6. The molecule has 2 atom stereocenters. The Bertz CT molecular complexity index is 1050. The van der Waals surface area contributed by atoms with E-state index in [0.29, 0.717) is 23.1 Å². The van der Waals surface area contributed by atoms with Gasteiger partial charge in [-0.3, -0.25) is 9.59 Å². The second-order valence-electron chi connectivity index (χ2n) is 6.70. The Labute approximate surface area is 165 Å². The van der Waals surface area contributed by atoms with Crippen LogP contribution in [0.4, 0.5) is 4.39 Å². The molecule has 1 heterocycles. The Morgan fingerprint density at radius 3 is 2.82 bits per heavy atom. The average molecular weight is 402 g/mol. The number of aromatic nitrogens is 1. The summed E-state index contributed by atoms with van der Waals surface area (Å²) in [6.45, 7) is 0. The molecule has 3 aromatic rings. The van der Waals surface area contributed by atoms with E-state index in [1.807, 2.05) is 24.3 Å². The number of alkyl halides is 1. The monoisotopic (exact) mass is 401 g/mol. The van der Waals surface area contributed by atoms with Crippen LogP contribution in [0.2, 0.25) is 0 Å². The molecular formula is C20H17ClFN3O3. The number of benzene rings is 2. The van der Waals surface area contributed by atoms with Crippen molar-refractivity contribution in [2.45, 2.75) is 24.9 Å². The molecule has 0 aliphatic heterocycles. The summed E-state index contributed by atoms with van der Waals surface area (Å²) in [7, 11) is 0. The average Bonchev–Trinajstić information content (AvgIpc) is 3.23. The molecule has 2 amide bonds. The van der Waals surface area contributed by atoms with Gasteiger partial charge in [-0.2, -0.15) is 0 Å². The van der Waals surface area contributed by atoms with E-state index >= 15 is 0 Å². The van der Waals surface area contributed by atoms with Crippen molar-refractivity contribution in [1.29, 1.82) is 0 Å². The van der Waals surface area contributed by atoms with Crippen LogP contribution in [0.1, 0.15) is 22.9 Å². The molecule has 0 spiro atoms. The molecule has 6 nitrogen and oxygen atoms in total. The Hall–Kier alpha value is -2.93. The number of carbonyl (C=O) groups is 2. The lowest BCUT2D eigenvalue weighted by atomic mass is 10.1. The van der Waals surface area contributed by atoms with Gasteiger partial charge in [0.1, 0.15) is 17.4 Å². The van der Waals surface area contributed by atoms with Gasteiger partial charge in [-0.25, -0.2) is 4.39 Å². The number of halogens is 2. The number of fused-ring (bicyclic) bond motifs is 2. The van der Waals surface area contributed by atoms with Gasteiger partial charge in [-0.15, -0.1) is 11.6 Å². The number of carbonyl (C=O) groups excluding carboxylic acids is 2. The van der Waals surface area contributed by atoms with Crippen LogP contribution in [0.5, 0.6) is 0 Å². The summed E-state index contributed by atoms with van der Waals surface area (Å²) in [6, 6.07) is 11.1. The predicted molar refractivity (Wildman–Crippen MR) is 101 cm³/mol. The minimum atomic E-state index is -0.424. The normalized spacial score (nSPS) is 18.1. The standard InChI is InChI=1S/C20H17ClFN3O3/c21-10-19(27)24-20-13-4-2-1-3-11(13)7-16(20)23-18(26)9-15-14-8-12(22)5-6-17(14)28-25-15/h1-6,8,16,20H,7,9-10H2,(H,23,26)(H,24,27)/t16-,20-/m1/s1. The van der Waals surface area contributed by atoms with E-state index in [-0.39, 0.29) is 36.2 Å². The Morgan fingerprint density at radius 2 is 2.00 bits per heavy atom. The van der Waals surface area contributed by atoms with Gasteiger partial charge in [0.05, 0.1) is 18.5 Å². The minimum absolute atomic E-state index is 0.0561. The Balaban J connectivity index is 1.51. The van der Waals surface area contributed by atoms with E-state index in [0.717, 1.165) is 11.1 Å². The maximum absolute atomic E-state index is 13.5. The maximum atomic E-state index is 13.5. The van der Waals surface area contributed by atoms with Crippen molar-refractivity contribution in [3.05, 3.63) is 65.1 Å². The number of nitrogens with zero attached hydrogens (tertiary/aromatic N) is 1. The lowest BCUT2D eigenvalue weighted by Gasteiger charge is -2.22. The van der Waals surface area contributed by atoms with Crippen LogP contribution in [0.3, 0.4) is 0 Å². The third kappa shape index (κ3) is 3.57. The van der Waals surface area contributed by atoms with E-state index < -0.39 is 5.82 Å². The molecule has 0 fully saturated rings. The first kappa shape index (κ1) is 18.4. The summed E-state index contributed by atoms with van der Waals surface area (Å²) >= 11 is 5.63. The highest BCUT2D eigenvalue weighted by Crippen LogP contribution is 2.31. The second-order valence-corrected chi connectivity index (χ2v) is 6.97. The van der Waals surface area contributed by atoms with E-state index in [1.54, 1.807) is 0 Å². The fraction of sp³-hybridized carbons (Fsp3) is 0.250. The molecule has 144 valence electrons. The van der Waals surface area contributed by atoms with Gasteiger partial charge < -0.3 is 15.2 Å². The lowest BCUT2D eigenvalue weighted by molar-refractivity contribution is -0.123. The van der Waals surface area contributed by atoms with Gasteiger partial charge in [-0.1, -0.05) is 29.4 Å². The number of amides is 2. The number of hydrogen-bond donors (Lipinski definition) is 2. The molecule has 1 aliphatic rings. The molecule has 8 heteroatoms. The summed E-state index contributed by atoms with van der Waals surface area (Å²) in [5.41, 5.74) is 2.80. The zero-order valence-corrected chi connectivity index (χ0v) is 15.5. The zero-order valence-electron chi connectivity index (χ0n) is 14.7. The van der Waals surface area contributed by atoms with Gasteiger partial charge in [0.25, 0.3) is 0 Å². The van der Waals surface area contributed by atoms with E-state index in [2.05, 4.69) is 15.8 Å². The molecule has 1 aromatic heterocycles. The molecule has 28 heavy (non-hydrogen) atoms. The highest BCUT2D eigenvalue weighted by atomic mass is 35.5. The van der Waals surface area contributed by atoms with Gasteiger partial charge >= 0.3 is 0 Å². The second kappa shape index (κ2) is 7.59. The van der Waals surface area contributed by atoms with Crippen LogP contribution in [0.15, 0.2) is 47.0 Å². The van der Waals surface area contributed by atoms with Crippen molar-refractivity contribution in [3.8, 4) is 0 Å². The smallest absolute Gasteiger partial charge is 0.235 e. The minimum Gasteiger partial charge on any atom is -0.356 e. The molecule has 1 aliphatic carbocycles. The molecule has 2 N–H and O–H groups in total. The highest BCUT2D eigenvalue weighted by molar-refractivity contribution is 6.27. The molecule has 0 saturated heterocycles. The first-order chi connectivity index (χ1) is 13.5. The number of nitrogens with one attached hydrogen (secondary N) is 2. The van der Waals surface area contributed by atoms with Crippen LogP contribution in [-0.2, 0) is 22.4 Å². The van der Waals surface area contributed by atoms with Gasteiger partial charge in [0, 0.05) is 5.39 Å². The van der Waals surface area contributed by atoms with Crippen molar-refractivity contribution in [2.75, 3.05) is 5.88 Å². The van der Waals surface area contributed by atoms with Crippen molar-refractivity contribution >= 4 is 34.4 Å². The highest BCUT2D eigenvalue weighted by Gasteiger charge is 2.34. The van der Waals surface area contributed by atoms with Gasteiger partial charge in [0.15, 0.2) is 5.58 Å². The maximum Gasteiger partial charge on any atom is 0.235 e. The largest absolute Gasteiger partial charge is 0.356 e. The molecule has 4 rings (SSSR count). The topological polar surface area (TPSA) is 84.2 Å². The molecule has 0 saturated carbocycles. The first-order valence-corrected chi connectivity index (χ1v) is 9.35. The van der Waals surface area contributed by atoms with Crippen molar-refractivity contribution in [2.24, 2.45) is 0 Å². The SMILES string of the molecule is O=C(CCl)N[C@@H]1c2ccccc2C[C@H]1NC(=O)Cc1noc2ccc(F)cc12. The van der Waals surface area contributed by atoms with Crippen LogP contribution in [0, 0.1) is 5.82 Å². The van der Waals surface area contributed by atoms with Crippen LogP contribution >= 0.6 is 11.6 Å². The summed E-state index contributed by atoms with van der Waals surface area (Å²) in [5.74, 6) is -1.18. The number of hydrogen-bond acceptors (Lipinski definition) is 4. The first-order valence-electron chi connectivity index (χ1n) is 8.81. The molecule has 0 radical (unpaired) electrons. The summed E-state index contributed by atoms with van der Waals surface area (Å²) in [6.07, 6.45) is 0.531. The molecular weight excluding hydrogens is 385 g/mol. The molecule has 0 unspecified atom stereocenters. The molecule has 0 bridgehead atoms. The lowest BCUT2D eigenvalue weighted by Crippen LogP contribution is -2.45. The summed E-state index contributed by atoms with van der Waals surface area (Å²) in [5, 5.41) is 10.2. The quantitative estimate of drug-likeness (QED) is 0.644. The van der Waals surface area contributed by atoms with Gasteiger partial charge in [0.2, 0.25) is 11.8 Å². The third-order valence-electron chi connectivity index (χ3n) is 4.85. The van der Waals surface area contributed by atoms with Crippen molar-refractivity contribution < 1.29 is 18.5 Å². The molecule has 2 aromatic carbocycles. The van der Waals surface area contributed by atoms with Crippen molar-refractivity contribution in [3.63, 3.8) is 0 Å². The summed E-state index contributed by atoms with van der Waals surface area (Å²) in [4.78, 5) is 24.5. The third-order valence-corrected chi connectivity index (χ3v) is 5.09. The van der Waals surface area contributed by atoms with Crippen LogP contribution < -0.4 is 10.6 Å². The fourth-order valence-corrected chi connectivity index (χ4v) is 3.70. The predicted octanol–water partition coefficient (Wildman–Crippen LogP) is 2.65. The zero-order chi connectivity index (χ0) is 19.7. The number of rotatable bonds is 5. The fourth-order valence-electron chi connectivity index (χ4n) is 3.62.